The highest BCUT2D eigenvalue weighted by Crippen LogP contribution is 2.45. The Morgan fingerprint density at radius 1 is 0.405 bits per heavy atom. The van der Waals surface area contributed by atoms with Gasteiger partial charge in [-0.2, -0.15) is 0 Å². The molecule has 2 N–H and O–H groups in total. The van der Waals surface area contributed by atoms with Crippen LogP contribution in [0, 0.1) is 17.5 Å². The molecule has 0 spiro atoms. The monoisotopic (exact) mass is 1500 g/mol. The van der Waals surface area contributed by atoms with E-state index in [-0.39, 0.29) is 107 Å². The van der Waals surface area contributed by atoms with Crippen molar-refractivity contribution in [3.05, 3.63) is 270 Å². The minimum Gasteiger partial charge on any atom is -0.505 e. The van der Waals surface area contributed by atoms with Gasteiger partial charge in [0.15, 0.2) is 17.2 Å². The SMILES string of the molecule is CN1CCN(C(=O)c2c3c(c(O)c4ncc(Cc5ccc(F)cc5)cc24)C(=O)N(C)C3)CC1.COc1ccc(COc2c3c(c(C(=O)N4CCN(C)CC4)c4cc(Cc5ccc(F)cc5)cnc24)CN(C)C3=O)cc1.COc1ccc(COc2c3c(c(C(=O)O)c4cc(Cc5ccc(F)cc5)cnc24)CN(C)C3=O)cc1. The van der Waals surface area contributed by atoms with Crippen LogP contribution in [0.25, 0.3) is 32.7 Å². The zero-order valence-corrected chi connectivity index (χ0v) is 62.4. The number of carboxylic acids is 1. The van der Waals surface area contributed by atoms with Crippen molar-refractivity contribution < 1.29 is 71.1 Å². The number of likely N-dealkylation sites (N-methyl/N-ethyl adjacent to an activating group) is 2. The second kappa shape index (κ2) is 32.0. The topological polar surface area (TPSA) is 241 Å². The molecule has 2 fully saturated rings. The number of nitrogens with zero attached hydrogens (tertiary/aromatic N) is 10. The third-order valence-corrected chi connectivity index (χ3v) is 20.9. The average molecular weight is 1500 g/mol. The maximum Gasteiger partial charge on any atom is 0.336 e. The van der Waals surface area contributed by atoms with E-state index in [1.54, 1.807) is 101 Å². The van der Waals surface area contributed by atoms with Gasteiger partial charge in [0.25, 0.3) is 29.5 Å². The molecule has 3 aromatic heterocycles. The number of carboxylic acid groups (broad SMARTS) is 1. The van der Waals surface area contributed by atoms with Crippen molar-refractivity contribution in [1.82, 2.24) is 49.3 Å². The molecule has 8 heterocycles. The maximum absolute atomic E-state index is 14.2. The lowest BCUT2D eigenvalue weighted by atomic mass is 9.93. The van der Waals surface area contributed by atoms with E-state index < -0.39 is 5.97 Å². The number of methoxy groups -OCH3 is 2. The van der Waals surface area contributed by atoms with Crippen molar-refractivity contribution >= 4 is 68.2 Å². The summed E-state index contributed by atoms with van der Waals surface area (Å²) in [6.07, 6.45) is 6.47. The van der Waals surface area contributed by atoms with E-state index in [9.17, 15) is 52.2 Å². The molecule has 111 heavy (non-hydrogen) atoms. The summed E-state index contributed by atoms with van der Waals surface area (Å²) < 4.78 is 63.2. The molecule has 0 atom stereocenters. The van der Waals surface area contributed by atoms with Crippen LogP contribution in [-0.2, 0) is 52.1 Å². The number of phenols is 1. The maximum atomic E-state index is 14.2. The zero-order valence-electron chi connectivity index (χ0n) is 62.4. The first-order chi connectivity index (χ1) is 53.5. The van der Waals surface area contributed by atoms with Crippen molar-refractivity contribution in [1.29, 1.82) is 0 Å². The molecule has 0 aliphatic carbocycles. The first kappa shape index (κ1) is 75.3. The number of carbonyl (C=O) groups is 6. The number of pyridine rings is 3. The van der Waals surface area contributed by atoms with Crippen molar-refractivity contribution in [2.45, 2.75) is 52.1 Å². The fraction of sp³-hybridized carbons (Fsp3) is 0.267. The van der Waals surface area contributed by atoms with Gasteiger partial charge in [0.2, 0.25) is 0 Å². The minimum absolute atomic E-state index is 0.0444. The Balaban J connectivity index is 0.000000140. The van der Waals surface area contributed by atoms with Crippen LogP contribution in [0.15, 0.2) is 158 Å². The van der Waals surface area contributed by atoms with Crippen LogP contribution in [0.1, 0.15) is 123 Å². The number of aromatic hydroxyl groups is 1. The van der Waals surface area contributed by atoms with Crippen LogP contribution in [0.2, 0.25) is 0 Å². The summed E-state index contributed by atoms with van der Waals surface area (Å²) in [5.74, 6) is -1.20. The van der Waals surface area contributed by atoms with Gasteiger partial charge in [-0.3, -0.25) is 38.9 Å². The lowest BCUT2D eigenvalue weighted by Gasteiger charge is -2.33. The highest BCUT2D eigenvalue weighted by molar-refractivity contribution is 6.18. The number of aromatic carboxylic acids is 1. The molecule has 0 unspecified atom stereocenters. The third kappa shape index (κ3) is 15.6. The number of piperazine rings is 2. The van der Waals surface area contributed by atoms with Gasteiger partial charge in [-0.05, 0) is 157 Å². The summed E-state index contributed by atoms with van der Waals surface area (Å²) >= 11 is 0. The number of amides is 5. The first-order valence-corrected chi connectivity index (χ1v) is 36.3. The van der Waals surface area contributed by atoms with Crippen LogP contribution < -0.4 is 18.9 Å². The number of aromatic nitrogens is 3. The number of carbonyl (C=O) groups excluding carboxylic acids is 5. The quantitative estimate of drug-likeness (QED) is 0.0861. The minimum atomic E-state index is -1.14. The Morgan fingerprint density at radius 2 is 0.712 bits per heavy atom. The summed E-state index contributed by atoms with van der Waals surface area (Å²) in [6.45, 7) is 6.61. The molecule has 5 aliphatic heterocycles. The van der Waals surface area contributed by atoms with Crippen LogP contribution in [0.3, 0.4) is 0 Å². The van der Waals surface area contributed by atoms with Gasteiger partial charge in [0.05, 0.1) is 47.6 Å². The Morgan fingerprint density at radius 3 is 1.06 bits per heavy atom. The average Bonchev–Trinajstić information content (AvgIpc) is 1.66. The Bertz CT molecular complexity index is 5470. The molecule has 568 valence electrons. The standard InChI is InChI=1S/C33H33FN4O4.C28H23FN2O5.C25H25FN4O3/c1-36-12-14-38(15-13-36)33(40)28-26-17-23(16-21-4-8-24(34)9-5-21)18-35-30(26)31(29-27(28)19-37(2)32(29)39)42-20-22-6-10-25(41-3)11-7-22;1-31-14-22-23(28(33)34)21-12-18(11-16-3-7-19(29)8-4-16)13-30-25(21)26(24(22)27(31)32)36-15-17-5-9-20(35-2)10-6-17;1-28-7-9-30(10-8-28)25(33)20-18-12-16(11-15-3-5-17(26)6-4-15)13-27-22(18)23(31)21-19(20)14-29(2)24(21)32/h4-11,17-18H,12-16,19-20H2,1-3H3;3-10,12-13H,11,14-15H2,1-2H3,(H,33,34);3-6,12-13,31H,7-11,14H2,1-2H3. The Labute approximate surface area is 638 Å². The second-order valence-corrected chi connectivity index (χ2v) is 28.6. The molecular weight excluding hydrogens is 1420 g/mol. The normalized spacial score (nSPS) is 14.8. The van der Waals surface area contributed by atoms with E-state index in [4.69, 9.17) is 23.9 Å². The van der Waals surface area contributed by atoms with E-state index in [1.807, 2.05) is 84.6 Å². The molecule has 5 amide bonds. The van der Waals surface area contributed by atoms with Gasteiger partial charge in [-0.25, -0.2) is 18.0 Å². The number of rotatable bonds is 17. The van der Waals surface area contributed by atoms with E-state index in [0.29, 0.717) is 124 Å². The van der Waals surface area contributed by atoms with Gasteiger partial charge < -0.3 is 63.5 Å². The second-order valence-electron chi connectivity index (χ2n) is 28.6. The molecule has 11 aromatic rings. The van der Waals surface area contributed by atoms with Crippen molar-refractivity contribution in [2.75, 3.05) is 102 Å². The highest BCUT2D eigenvalue weighted by Gasteiger charge is 2.41. The molecule has 0 saturated carbocycles. The number of benzene rings is 8. The van der Waals surface area contributed by atoms with Gasteiger partial charge in [0, 0.05) is 145 Å². The number of hydrogen-bond donors (Lipinski definition) is 2. The van der Waals surface area contributed by atoms with E-state index in [1.165, 1.54) is 46.2 Å². The van der Waals surface area contributed by atoms with Crippen molar-refractivity contribution in [3.63, 3.8) is 0 Å². The fourth-order valence-corrected chi connectivity index (χ4v) is 14.8. The summed E-state index contributed by atoms with van der Waals surface area (Å²) in [7, 11) is 12.3. The van der Waals surface area contributed by atoms with Crippen molar-refractivity contribution in [2.24, 2.45) is 0 Å². The third-order valence-electron chi connectivity index (χ3n) is 20.9. The van der Waals surface area contributed by atoms with E-state index in [2.05, 4.69) is 19.8 Å². The molecule has 0 radical (unpaired) electrons. The summed E-state index contributed by atoms with van der Waals surface area (Å²) in [5.41, 5.74) is 11.4. The molecule has 0 bridgehead atoms. The molecule has 22 nitrogen and oxygen atoms in total. The summed E-state index contributed by atoms with van der Waals surface area (Å²) in [4.78, 5) is 106. The number of ether oxygens (including phenoxy) is 4. The fourth-order valence-electron chi connectivity index (χ4n) is 14.8. The van der Waals surface area contributed by atoms with E-state index >= 15 is 0 Å². The van der Waals surface area contributed by atoms with Gasteiger partial charge in [-0.1, -0.05) is 60.7 Å². The molecule has 5 aliphatic rings. The number of hydrogen-bond acceptors (Lipinski definition) is 16. The van der Waals surface area contributed by atoms with E-state index in [0.717, 1.165) is 76.4 Å². The first-order valence-electron chi connectivity index (χ1n) is 36.3. The lowest BCUT2D eigenvalue weighted by molar-refractivity contribution is 0.0657. The highest BCUT2D eigenvalue weighted by atomic mass is 19.1. The zero-order chi connectivity index (χ0) is 78.1. The van der Waals surface area contributed by atoms with Gasteiger partial charge >= 0.3 is 5.97 Å². The largest absolute Gasteiger partial charge is 0.505 e. The Hall–Kier alpha value is -12.5. The molecule has 8 aromatic carbocycles. The number of halogens is 3. The molecule has 2 saturated heterocycles. The summed E-state index contributed by atoms with van der Waals surface area (Å²) in [6, 6.07) is 39.2. The predicted molar refractivity (Wildman–Crippen MR) is 410 cm³/mol. The summed E-state index contributed by atoms with van der Waals surface area (Å²) in [5, 5.41) is 22.7. The molecule has 25 heteroatoms. The van der Waals surface area contributed by atoms with Gasteiger partial charge in [-0.15, -0.1) is 0 Å². The number of phenolic OH excluding ortho intramolecular Hbond substituents is 1. The van der Waals surface area contributed by atoms with Crippen LogP contribution in [0.5, 0.6) is 28.7 Å². The number of fused-ring (bicyclic) bond motifs is 6. The predicted octanol–water partition coefficient (Wildman–Crippen LogP) is 12.0. The van der Waals surface area contributed by atoms with Crippen LogP contribution >= 0.6 is 0 Å². The molecular formula is C86H81F3N10O12. The smallest absolute Gasteiger partial charge is 0.336 e. The van der Waals surface area contributed by atoms with Crippen molar-refractivity contribution in [3.8, 4) is 28.7 Å². The van der Waals surface area contributed by atoms with Crippen LogP contribution in [0.4, 0.5) is 13.2 Å². The van der Waals surface area contributed by atoms with Gasteiger partial charge in [0.1, 0.15) is 58.7 Å². The lowest BCUT2D eigenvalue weighted by Crippen LogP contribution is -2.47. The Kier molecular flexibility index (Phi) is 21.7. The molecule has 16 rings (SSSR count). The van der Waals surface area contributed by atoms with Crippen LogP contribution in [-0.4, -0.2) is 197 Å².